The third-order valence-corrected chi connectivity index (χ3v) is 3.38. The van der Waals surface area contributed by atoms with Gasteiger partial charge in [-0.05, 0) is 35.9 Å². The monoisotopic (exact) mass is 294 g/mol. The molecule has 0 unspecified atom stereocenters. The topological polar surface area (TPSA) is 42.9 Å². The van der Waals surface area contributed by atoms with Crippen molar-refractivity contribution in [2.24, 2.45) is 0 Å². The van der Waals surface area contributed by atoms with Crippen molar-refractivity contribution in [3.63, 3.8) is 0 Å². The fourth-order valence-electron chi connectivity index (χ4n) is 1.99. The normalized spacial score (nSPS) is 10.3. The molecule has 3 aromatic rings. The summed E-state index contributed by atoms with van der Waals surface area (Å²) in [4.78, 5) is 19.3. The maximum absolute atomic E-state index is 10.6. The van der Waals surface area contributed by atoms with E-state index in [1.807, 2.05) is 36.4 Å². The highest BCUT2D eigenvalue weighted by molar-refractivity contribution is 6.30. The lowest BCUT2D eigenvalue weighted by molar-refractivity contribution is 0.112. The Morgan fingerprint density at radius 2 is 1.38 bits per heavy atom. The SMILES string of the molecule is O=Cc1ccc(-c2ccc(-c3ccc(Cl)cc3)cn2)nc1. The number of benzene rings is 1. The number of carbonyl (C=O) groups excluding carboxylic acids is 1. The first-order valence-corrected chi connectivity index (χ1v) is 6.78. The summed E-state index contributed by atoms with van der Waals surface area (Å²) >= 11 is 5.88. The van der Waals surface area contributed by atoms with Gasteiger partial charge in [-0.1, -0.05) is 29.8 Å². The third kappa shape index (κ3) is 2.98. The van der Waals surface area contributed by atoms with Crippen molar-refractivity contribution in [3.05, 3.63) is 71.5 Å². The smallest absolute Gasteiger partial charge is 0.151 e. The van der Waals surface area contributed by atoms with Gasteiger partial charge in [-0.2, -0.15) is 0 Å². The standard InChI is InChI=1S/C17H11ClN2O/c18-15-5-2-13(3-6-15)14-4-8-17(20-10-14)16-7-1-12(11-21)9-19-16/h1-11H. The van der Waals surface area contributed by atoms with E-state index in [4.69, 9.17) is 11.6 Å². The van der Waals surface area contributed by atoms with Crippen LogP contribution in [0, 0.1) is 0 Å². The Labute approximate surface area is 127 Å². The maximum atomic E-state index is 10.6. The molecule has 3 rings (SSSR count). The number of hydrogen-bond donors (Lipinski definition) is 0. The van der Waals surface area contributed by atoms with Crippen LogP contribution in [0.5, 0.6) is 0 Å². The van der Waals surface area contributed by atoms with Gasteiger partial charge >= 0.3 is 0 Å². The Hall–Kier alpha value is -2.52. The largest absolute Gasteiger partial charge is 0.298 e. The predicted molar refractivity (Wildman–Crippen MR) is 83.3 cm³/mol. The van der Waals surface area contributed by atoms with Gasteiger partial charge in [-0.25, -0.2) is 0 Å². The molecule has 21 heavy (non-hydrogen) atoms. The van der Waals surface area contributed by atoms with Gasteiger partial charge in [0.05, 0.1) is 11.4 Å². The van der Waals surface area contributed by atoms with Crippen LogP contribution in [0.3, 0.4) is 0 Å². The average molecular weight is 295 g/mol. The van der Waals surface area contributed by atoms with Gasteiger partial charge in [0.1, 0.15) is 0 Å². The highest BCUT2D eigenvalue weighted by atomic mass is 35.5. The second kappa shape index (κ2) is 5.85. The number of carbonyl (C=O) groups is 1. The summed E-state index contributed by atoms with van der Waals surface area (Å²) in [7, 11) is 0. The minimum absolute atomic E-state index is 0.552. The predicted octanol–water partition coefficient (Wildman–Crippen LogP) is 4.28. The number of nitrogens with zero attached hydrogens (tertiary/aromatic N) is 2. The quantitative estimate of drug-likeness (QED) is 0.677. The molecule has 0 aliphatic rings. The summed E-state index contributed by atoms with van der Waals surface area (Å²) in [6.45, 7) is 0. The van der Waals surface area contributed by atoms with Crippen LogP contribution in [0.2, 0.25) is 5.02 Å². The summed E-state index contributed by atoms with van der Waals surface area (Å²) in [5.41, 5.74) is 4.13. The molecule has 2 heterocycles. The Kier molecular flexibility index (Phi) is 3.75. The fourth-order valence-corrected chi connectivity index (χ4v) is 2.11. The summed E-state index contributed by atoms with van der Waals surface area (Å²) in [6, 6.07) is 15.0. The first-order valence-electron chi connectivity index (χ1n) is 6.40. The van der Waals surface area contributed by atoms with Crippen molar-refractivity contribution in [1.29, 1.82) is 0 Å². The highest BCUT2D eigenvalue weighted by Crippen LogP contribution is 2.23. The molecular formula is C17H11ClN2O. The molecule has 3 nitrogen and oxygen atoms in total. The number of aldehydes is 1. The molecule has 0 bridgehead atoms. The van der Waals surface area contributed by atoms with Crippen LogP contribution in [-0.4, -0.2) is 16.3 Å². The van der Waals surface area contributed by atoms with Crippen LogP contribution >= 0.6 is 11.6 Å². The van der Waals surface area contributed by atoms with Crippen molar-refractivity contribution in [2.45, 2.75) is 0 Å². The second-order valence-electron chi connectivity index (χ2n) is 4.53. The Morgan fingerprint density at radius 1 is 0.762 bits per heavy atom. The molecule has 4 heteroatoms. The lowest BCUT2D eigenvalue weighted by Crippen LogP contribution is -1.89. The Bertz CT molecular complexity index is 750. The van der Waals surface area contributed by atoms with Crippen LogP contribution in [0.1, 0.15) is 10.4 Å². The van der Waals surface area contributed by atoms with Crippen LogP contribution in [-0.2, 0) is 0 Å². The van der Waals surface area contributed by atoms with E-state index in [1.165, 1.54) is 6.20 Å². The van der Waals surface area contributed by atoms with Gasteiger partial charge in [-0.3, -0.25) is 14.8 Å². The van der Waals surface area contributed by atoms with E-state index >= 15 is 0 Å². The summed E-state index contributed by atoms with van der Waals surface area (Å²) in [5.74, 6) is 0. The third-order valence-electron chi connectivity index (χ3n) is 3.13. The molecule has 0 atom stereocenters. The molecule has 1 aromatic carbocycles. The lowest BCUT2D eigenvalue weighted by Gasteiger charge is -2.04. The van der Waals surface area contributed by atoms with Crippen LogP contribution < -0.4 is 0 Å². The molecule has 0 aliphatic carbocycles. The summed E-state index contributed by atoms with van der Waals surface area (Å²) < 4.78 is 0. The highest BCUT2D eigenvalue weighted by Gasteiger charge is 2.03. The second-order valence-corrected chi connectivity index (χ2v) is 4.97. The van der Waals surface area contributed by atoms with Crippen LogP contribution in [0.15, 0.2) is 60.9 Å². The number of pyridine rings is 2. The zero-order valence-electron chi connectivity index (χ0n) is 11.0. The first-order chi connectivity index (χ1) is 10.3. The average Bonchev–Trinajstić information content (AvgIpc) is 2.56. The first kappa shape index (κ1) is 13.5. The van der Waals surface area contributed by atoms with Crippen molar-refractivity contribution >= 4 is 17.9 Å². The van der Waals surface area contributed by atoms with E-state index in [0.717, 1.165) is 28.8 Å². The molecule has 0 radical (unpaired) electrons. The van der Waals surface area contributed by atoms with E-state index < -0.39 is 0 Å². The molecule has 102 valence electrons. The van der Waals surface area contributed by atoms with Crippen molar-refractivity contribution in [3.8, 4) is 22.5 Å². The molecular weight excluding hydrogens is 284 g/mol. The summed E-state index contributed by atoms with van der Waals surface area (Å²) in [6.07, 6.45) is 4.11. The molecule has 0 amide bonds. The minimum atomic E-state index is 0.552. The molecule has 0 fully saturated rings. The van der Waals surface area contributed by atoms with E-state index in [0.29, 0.717) is 10.6 Å². The van der Waals surface area contributed by atoms with Gasteiger partial charge in [0.15, 0.2) is 6.29 Å². The van der Waals surface area contributed by atoms with E-state index in [-0.39, 0.29) is 0 Å². The van der Waals surface area contributed by atoms with Gasteiger partial charge in [0.2, 0.25) is 0 Å². The lowest BCUT2D eigenvalue weighted by atomic mass is 10.1. The van der Waals surface area contributed by atoms with Crippen LogP contribution in [0.25, 0.3) is 22.5 Å². The minimum Gasteiger partial charge on any atom is -0.298 e. The van der Waals surface area contributed by atoms with E-state index in [1.54, 1.807) is 18.3 Å². The van der Waals surface area contributed by atoms with Crippen LogP contribution in [0.4, 0.5) is 0 Å². The maximum Gasteiger partial charge on any atom is 0.151 e. The Balaban J connectivity index is 1.89. The van der Waals surface area contributed by atoms with Gasteiger partial charge < -0.3 is 0 Å². The number of hydrogen-bond acceptors (Lipinski definition) is 3. The molecule has 2 aromatic heterocycles. The molecule has 0 aliphatic heterocycles. The summed E-state index contributed by atoms with van der Waals surface area (Å²) in [5, 5.41) is 0.711. The van der Waals surface area contributed by atoms with Gasteiger partial charge in [0, 0.05) is 28.5 Å². The molecule has 0 saturated heterocycles. The molecule has 0 N–H and O–H groups in total. The zero-order chi connectivity index (χ0) is 14.7. The van der Waals surface area contributed by atoms with E-state index in [9.17, 15) is 4.79 Å². The van der Waals surface area contributed by atoms with Gasteiger partial charge in [-0.15, -0.1) is 0 Å². The zero-order valence-corrected chi connectivity index (χ0v) is 11.8. The molecule has 0 saturated carbocycles. The van der Waals surface area contributed by atoms with Crippen molar-refractivity contribution in [1.82, 2.24) is 9.97 Å². The van der Waals surface area contributed by atoms with E-state index in [2.05, 4.69) is 9.97 Å². The number of aromatic nitrogens is 2. The fraction of sp³-hybridized carbons (Fsp3) is 0. The van der Waals surface area contributed by atoms with Crippen molar-refractivity contribution in [2.75, 3.05) is 0 Å². The number of rotatable bonds is 3. The number of halogens is 1. The molecule has 0 spiro atoms. The van der Waals surface area contributed by atoms with Gasteiger partial charge in [0.25, 0.3) is 0 Å². The Morgan fingerprint density at radius 3 is 1.90 bits per heavy atom. The van der Waals surface area contributed by atoms with Crippen molar-refractivity contribution < 1.29 is 4.79 Å².